The molecule has 20 heavy (non-hydrogen) atoms. The van der Waals surface area contributed by atoms with Gasteiger partial charge < -0.3 is 10.1 Å². The standard InChI is InChI=1S/C13H15FN4O2/c1-3-4-11-16-12(18-17-11)13(19)15-9-6-5-8(14)7-10(9)20-2/h5-7H,3-4H2,1-2H3,(H,15,19)(H,16,17,18). The minimum Gasteiger partial charge on any atom is -0.494 e. The lowest BCUT2D eigenvalue weighted by atomic mass is 10.2. The van der Waals surface area contributed by atoms with Crippen LogP contribution in [0.4, 0.5) is 10.1 Å². The van der Waals surface area contributed by atoms with Gasteiger partial charge in [0.05, 0.1) is 12.8 Å². The number of carbonyl (C=O) groups excluding carboxylic acids is 1. The quantitative estimate of drug-likeness (QED) is 0.878. The van der Waals surface area contributed by atoms with Gasteiger partial charge in [0.2, 0.25) is 5.82 Å². The van der Waals surface area contributed by atoms with Crippen molar-refractivity contribution in [3.63, 3.8) is 0 Å². The zero-order chi connectivity index (χ0) is 14.5. The van der Waals surface area contributed by atoms with Crippen LogP contribution in [0.5, 0.6) is 5.75 Å². The number of aromatic amines is 1. The molecule has 0 fully saturated rings. The Morgan fingerprint density at radius 2 is 2.30 bits per heavy atom. The Bertz CT molecular complexity index is 612. The van der Waals surface area contributed by atoms with Crippen LogP contribution in [0.3, 0.4) is 0 Å². The maximum atomic E-state index is 13.1. The van der Waals surface area contributed by atoms with E-state index in [2.05, 4.69) is 20.5 Å². The number of nitrogens with one attached hydrogen (secondary N) is 2. The van der Waals surface area contributed by atoms with Crippen molar-refractivity contribution in [3.8, 4) is 5.75 Å². The zero-order valence-electron chi connectivity index (χ0n) is 11.2. The van der Waals surface area contributed by atoms with Gasteiger partial charge >= 0.3 is 0 Å². The number of hydrogen-bond acceptors (Lipinski definition) is 4. The molecule has 0 unspecified atom stereocenters. The van der Waals surface area contributed by atoms with E-state index in [0.29, 0.717) is 11.5 Å². The van der Waals surface area contributed by atoms with E-state index in [0.717, 1.165) is 12.8 Å². The van der Waals surface area contributed by atoms with Gasteiger partial charge in [-0.1, -0.05) is 6.92 Å². The smallest absolute Gasteiger partial charge is 0.295 e. The predicted octanol–water partition coefficient (Wildman–Crippen LogP) is 2.16. The van der Waals surface area contributed by atoms with Crippen LogP contribution >= 0.6 is 0 Å². The molecule has 106 valence electrons. The fourth-order valence-corrected chi connectivity index (χ4v) is 1.69. The SMILES string of the molecule is CCCc1nc(C(=O)Nc2ccc(F)cc2OC)n[nH]1. The molecule has 0 aliphatic rings. The average Bonchev–Trinajstić information content (AvgIpc) is 2.90. The number of amides is 1. The Kier molecular flexibility index (Phi) is 4.29. The fourth-order valence-electron chi connectivity index (χ4n) is 1.69. The number of nitrogens with zero attached hydrogens (tertiary/aromatic N) is 2. The highest BCUT2D eigenvalue weighted by molar-refractivity contribution is 6.02. The van der Waals surface area contributed by atoms with E-state index in [4.69, 9.17) is 4.74 Å². The number of benzene rings is 1. The summed E-state index contributed by atoms with van der Waals surface area (Å²) in [5.41, 5.74) is 0.362. The van der Waals surface area contributed by atoms with Crippen LogP contribution in [0.15, 0.2) is 18.2 Å². The number of H-pyrrole nitrogens is 1. The molecular weight excluding hydrogens is 263 g/mol. The van der Waals surface area contributed by atoms with Crippen LogP contribution in [0.2, 0.25) is 0 Å². The number of rotatable bonds is 5. The highest BCUT2D eigenvalue weighted by Crippen LogP contribution is 2.25. The Labute approximate surface area is 115 Å². The van der Waals surface area contributed by atoms with Crippen molar-refractivity contribution in [2.24, 2.45) is 0 Å². The Balaban J connectivity index is 2.14. The summed E-state index contributed by atoms with van der Waals surface area (Å²) in [5.74, 6) is 0.0164. The maximum absolute atomic E-state index is 13.1. The topological polar surface area (TPSA) is 79.9 Å². The maximum Gasteiger partial charge on any atom is 0.295 e. The van der Waals surface area contributed by atoms with Crippen LogP contribution < -0.4 is 10.1 Å². The van der Waals surface area contributed by atoms with E-state index in [1.165, 1.54) is 25.3 Å². The van der Waals surface area contributed by atoms with Gasteiger partial charge in [-0.3, -0.25) is 9.89 Å². The first kappa shape index (κ1) is 14.0. The molecule has 7 heteroatoms. The predicted molar refractivity (Wildman–Crippen MR) is 71.3 cm³/mol. The molecule has 1 aromatic carbocycles. The summed E-state index contributed by atoms with van der Waals surface area (Å²) >= 11 is 0. The number of halogens is 1. The second kappa shape index (κ2) is 6.14. The summed E-state index contributed by atoms with van der Waals surface area (Å²) in [6.45, 7) is 2.01. The van der Waals surface area contributed by atoms with Gasteiger partial charge in [0.25, 0.3) is 5.91 Å². The molecule has 0 radical (unpaired) electrons. The molecule has 0 atom stereocenters. The third kappa shape index (κ3) is 3.11. The number of hydrogen-bond donors (Lipinski definition) is 2. The second-order valence-corrected chi connectivity index (χ2v) is 4.15. The number of ether oxygens (including phenoxy) is 1. The van der Waals surface area contributed by atoms with Gasteiger partial charge in [0.1, 0.15) is 17.4 Å². The van der Waals surface area contributed by atoms with Crippen LogP contribution in [-0.4, -0.2) is 28.2 Å². The van der Waals surface area contributed by atoms with Gasteiger partial charge in [0.15, 0.2) is 0 Å². The number of aromatic nitrogens is 3. The van der Waals surface area contributed by atoms with Crippen molar-refractivity contribution in [1.82, 2.24) is 15.2 Å². The first-order valence-corrected chi connectivity index (χ1v) is 6.20. The molecule has 0 aliphatic carbocycles. The van der Waals surface area contributed by atoms with Crippen molar-refractivity contribution < 1.29 is 13.9 Å². The lowest BCUT2D eigenvalue weighted by Crippen LogP contribution is -2.14. The Morgan fingerprint density at radius 1 is 1.50 bits per heavy atom. The third-order valence-electron chi connectivity index (χ3n) is 2.63. The van der Waals surface area contributed by atoms with Gasteiger partial charge in [-0.15, -0.1) is 5.10 Å². The Morgan fingerprint density at radius 3 is 3.00 bits per heavy atom. The van der Waals surface area contributed by atoms with E-state index in [1.54, 1.807) is 0 Å². The Hall–Kier alpha value is -2.44. The lowest BCUT2D eigenvalue weighted by Gasteiger charge is -2.08. The molecule has 0 saturated carbocycles. The fraction of sp³-hybridized carbons (Fsp3) is 0.308. The molecule has 0 saturated heterocycles. The van der Waals surface area contributed by atoms with Crippen molar-refractivity contribution in [3.05, 3.63) is 35.7 Å². The van der Waals surface area contributed by atoms with Gasteiger partial charge in [-0.25, -0.2) is 9.37 Å². The third-order valence-corrected chi connectivity index (χ3v) is 2.63. The molecule has 1 aromatic heterocycles. The van der Waals surface area contributed by atoms with E-state index in [-0.39, 0.29) is 11.6 Å². The van der Waals surface area contributed by atoms with Gasteiger partial charge in [0, 0.05) is 12.5 Å². The highest BCUT2D eigenvalue weighted by Gasteiger charge is 2.15. The summed E-state index contributed by atoms with van der Waals surface area (Å²) in [7, 11) is 1.40. The molecule has 1 heterocycles. The molecule has 0 bridgehead atoms. The van der Waals surface area contributed by atoms with E-state index in [9.17, 15) is 9.18 Å². The number of anilines is 1. The van der Waals surface area contributed by atoms with E-state index < -0.39 is 11.7 Å². The molecule has 6 nitrogen and oxygen atoms in total. The highest BCUT2D eigenvalue weighted by atomic mass is 19.1. The summed E-state index contributed by atoms with van der Waals surface area (Å²) in [5, 5.41) is 9.12. The van der Waals surface area contributed by atoms with Gasteiger partial charge in [-0.05, 0) is 18.6 Å². The first-order chi connectivity index (χ1) is 9.63. The van der Waals surface area contributed by atoms with Crippen molar-refractivity contribution in [2.75, 3.05) is 12.4 Å². The summed E-state index contributed by atoms with van der Waals surface area (Å²) < 4.78 is 18.1. The van der Waals surface area contributed by atoms with Crippen LogP contribution in [0, 0.1) is 5.82 Å². The van der Waals surface area contributed by atoms with E-state index >= 15 is 0 Å². The molecule has 1 amide bonds. The monoisotopic (exact) mass is 278 g/mol. The van der Waals surface area contributed by atoms with Crippen molar-refractivity contribution >= 4 is 11.6 Å². The summed E-state index contributed by atoms with van der Waals surface area (Å²) in [6.07, 6.45) is 1.63. The van der Waals surface area contributed by atoms with Crippen LogP contribution in [0.1, 0.15) is 29.8 Å². The number of methoxy groups -OCH3 is 1. The number of carbonyl (C=O) groups is 1. The van der Waals surface area contributed by atoms with E-state index in [1.807, 2.05) is 6.92 Å². The molecule has 0 spiro atoms. The molecule has 0 aliphatic heterocycles. The molecule has 2 rings (SSSR count). The average molecular weight is 278 g/mol. The molecule has 2 N–H and O–H groups in total. The normalized spacial score (nSPS) is 10.3. The first-order valence-electron chi connectivity index (χ1n) is 6.20. The lowest BCUT2D eigenvalue weighted by molar-refractivity contribution is 0.101. The molecular formula is C13H15FN4O2. The second-order valence-electron chi connectivity index (χ2n) is 4.15. The molecule has 2 aromatic rings. The van der Waals surface area contributed by atoms with Crippen LogP contribution in [0.25, 0.3) is 0 Å². The minimum atomic E-state index is -0.478. The minimum absolute atomic E-state index is 0.0415. The van der Waals surface area contributed by atoms with Crippen molar-refractivity contribution in [2.45, 2.75) is 19.8 Å². The summed E-state index contributed by atoms with van der Waals surface area (Å²) in [6, 6.07) is 3.85. The van der Waals surface area contributed by atoms with Crippen molar-refractivity contribution in [1.29, 1.82) is 0 Å². The van der Waals surface area contributed by atoms with Gasteiger partial charge in [-0.2, -0.15) is 0 Å². The van der Waals surface area contributed by atoms with Crippen LogP contribution in [-0.2, 0) is 6.42 Å². The summed E-state index contributed by atoms with van der Waals surface area (Å²) in [4.78, 5) is 16.1. The number of aryl methyl sites for hydroxylation is 1. The largest absolute Gasteiger partial charge is 0.494 e. The zero-order valence-corrected chi connectivity index (χ0v) is 11.2.